The molecule has 0 aromatic heterocycles. The van der Waals surface area contributed by atoms with Crippen molar-refractivity contribution in [3.05, 3.63) is 81.4 Å². The molecule has 2 N–H and O–H groups in total. The first-order valence-corrected chi connectivity index (χ1v) is 8.90. The monoisotopic (exact) mass is 472 g/mol. The number of carboxylic acids is 2. The van der Waals surface area contributed by atoms with Crippen LogP contribution in [-0.2, 0) is 0 Å². The van der Waals surface area contributed by atoms with Gasteiger partial charge in [-0.3, -0.25) is 0 Å². The molecule has 0 aliphatic rings. The van der Waals surface area contributed by atoms with Crippen LogP contribution in [0.15, 0.2) is 77.0 Å². The molecular formula is C20H13IN2O4. The Hall–Kier alpha value is -3.07. The molecule has 0 radical (unpaired) electrons. The molecule has 0 saturated carbocycles. The van der Waals surface area contributed by atoms with E-state index in [0.717, 1.165) is 3.57 Å². The maximum Gasteiger partial charge on any atom is 0.335 e. The third-order valence-electron chi connectivity index (χ3n) is 3.77. The molecule has 0 heterocycles. The average Bonchev–Trinajstić information content (AvgIpc) is 2.66. The molecule has 0 aliphatic carbocycles. The fourth-order valence-electron chi connectivity index (χ4n) is 2.43. The smallest absolute Gasteiger partial charge is 0.335 e. The zero-order valence-electron chi connectivity index (χ0n) is 13.8. The predicted molar refractivity (Wildman–Crippen MR) is 109 cm³/mol. The minimum atomic E-state index is -1.06. The van der Waals surface area contributed by atoms with Gasteiger partial charge in [-0.2, -0.15) is 5.11 Å². The molecule has 3 rings (SSSR count). The van der Waals surface area contributed by atoms with Crippen LogP contribution in [-0.4, -0.2) is 22.2 Å². The Balaban J connectivity index is 2.05. The van der Waals surface area contributed by atoms with Crippen LogP contribution in [0.25, 0.3) is 11.1 Å². The van der Waals surface area contributed by atoms with E-state index in [2.05, 4.69) is 32.8 Å². The van der Waals surface area contributed by atoms with E-state index in [0.29, 0.717) is 22.5 Å². The van der Waals surface area contributed by atoms with Crippen molar-refractivity contribution in [1.29, 1.82) is 0 Å². The van der Waals surface area contributed by atoms with Gasteiger partial charge in [0.2, 0.25) is 0 Å². The summed E-state index contributed by atoms with van der Waals surface area (Å²) in [5, 5.41) is 26.7. The quantitative estimate of drug-likeness (QED) is 0.364. The summed E-state index contributed by atoms with van der Waals surface area (Å²) >= 11 is 2.17. The lowest BCUT2D eigenvalue weighted by molar-refractivity contribution is 0.0686. The number of nitrogens with zero attached hydrogens (tertiary/aromatic N) is 2. The van der Waals surface area contributed by atoms with E-state index in [1.165, 1.54) is 24.3 Å². The number of aromatic carboxylic acids is 2. The molecule has 0 saturated heterocycles. The second-order valence-electron chi connectivity index (χ2n) is 5.60. The molecule has 134 valence electrons. The van der Waals surface area contributed by atoms with E-state index >= 15 is 0 Å². The second kappa shape index (κ2) is 8.09. The zero-order chi connectivity index (χ0) is 19.4. The summed E-state index contributed by atoms with van der Waals surface area (Å²) in [5.41, 5.74) is 2.67. The first-order chi connectivity index (χ1) is 12.9. The Morgan fingerprint density at radius 1 is 0.778 bits per heavy atom. The maximum absolute atomic E-state index is 11.3. The molecule has 27 heavy (non-hydrogen) atoms. The Kier molecular flexibility index (Phi) is 5.60. The van der Waals surface area contributed by atoms with Crippen LogP contribution in [0.2, 0.25) is 0 Å². The lowest BCUT2D eigenvalue weighted by Gasteiger charge is -2.07. The van der Waals surface area contributed by atoms with Gasteiger partial charge in [0.1, 0.15) is 0 Å². The highest BCUT2D eigenvalue weighted by Crippen LogP contribution is 2.33. The summed E-state index contributed by atoms with van der Waals surface area (Å²) in [6.07, 6.45) is 0. The second-order valence-corrected chi connectivity index (χ2v) is 6.85. The van der Waals surface area contributed by atoms with Crippen molar-refractivity contribution in [2.45, 2.75) is 0 Å². The van der Waals surface area contributed by atoms with Crippen molar-refractivity contribution in [1.82, 2.24) is 0 Å². The number of hydrogen-bond donors (Lipinski definition) is 2. The van der Waals surface area contributed by atoms with Crippen molar-refractivity contribution in [3.8, 4) is 11.1 Å². The lowest BCUT2D eigenvalue weighted by Crippen LogP contribution is -1.96. The summed E-state index contributed by atoms with van der Waals surface area (Å²) in [6.45, 7) is 0. The summed E-state index contributed by atoms with van der Waals surface area (Å²) in [5.74, 6) is -2.07. The first-order valence-electron chi connectivity index (χ1n) is 7.82. The van der Waals surface area contributed by atoms with Crippen molar-refractivity contribution < 1.29 is 19.8 Å². The number of azo groups is 1. The molecule has 0 amide bonds. The third-order valence-corrected chi connectivity index (χ3v) is 4.44. The average molecular weight is 472 g/mol. The number of carboxylic acid groups (broad SMARTS) is 2. The van der Waals surface area contributed by atoms with Gasteiger partial charge in [0, 0.05) is 9.13 Å². The standard InChI is InChI=1S/C20H13IN2O4/c21-15-2-1-3-16(11-15)22-23-18-10-14(20(26)27)8-9-17(18)12-4-6-13(7-5-12)19(24)25/h1-11H,(H,24,25)(H,26,27). The van der Waals surface area contributed by atoms with Crippen LogP contribution in [0.4, 0.5) is 11.4 Å². The Morgan fingerprint density at radius 3 is 2.07 bits per heavy atom. The minimum absolute atomic E-state index is 0.0949. The van der Waals surface area contributed by atoms with Gasteiger partial charge in [-0.1, -0.05) is 24.3 Å². The first kappa shape index (κ1) is 18.7. The normalized spacial score (nSPS) is 10.9. The Labute approximate surface area is 168 Å². The molecule has 0 fully saturated rings. The highest BCUT2D eigenvalue weighted by atomic mass is 127. The van der Waals surface area contributed by atoms with E-state index in [4.69, 9.17) is 5.11 Å². The SMILES string of the molecule is O=C(O)c1ccc(-c2ccc(C(=O)O)cc2N=Nc2cccc(I)c2)cc1. The molecule has 0 atom stereocenters. The van der Waals surface area contributed by atoms with E-state index in [1.807, 2.05) is 18.2 Å². The van der Waals surface area contributed by atoms with Gasteiger partial charge >= 0.3 is 11.9 Å². The highest BCUT2D eigenvalue weighted by molar-refractivity contribution is 14.1. The van der Waals surface area contributed by atoms with Crippen LogP contribution in [0.3, 0.4) is 0 Å². The summed E-state index contributed by atoms with van der Waals surface area (Å²) < 4.78 is 1.01. The number of rotatable bonds is 5. The van der Waals surface area contributed by atoms with E-state index in [9.17, 15) is 14.7 Å². The van der Waals surface area contributed by atoms with Gasteiger partial charge in [-0.05, 0) is 70.6 Å². The molecule has 0 bridgehead atoms. The van der Waals surface area contributed by atoms with E-state index in [-0.39, 0.29) is 11.1 Å². The molecule has 7 heteroatoms. The van der Waals surface area contributed by atoms with Gasteiger partial charge in [0.25, 0.3) is 0 Å². The molecule has 3 aromatic rings. The van der Waals surface area contributed by atoms with E-state index in [1.54, 1.807) is 24.3 Å². The van der Waals surface area contributed by atoms with Gasteiger partial charge in [0.15, 0.2) is 0 Å². The lowest BCUT2D eigenvalue weighted by atomic mass is 10.0. The van der Waals surface area contributed by atoms with Gasteiger partial charge in [-0.25, -0.2) is 9.59 Å². The van der Waals surface area contributed by atoms with Crippen LogP contribution in [0.1, 0.15) is 20.7 Å². The predicted octanol–water partition coefficient (Wildman–Crippen LogP) is 5.77. The number of carbonyl (C=O) groups is 2. The fraction of sp³-hybridized carbons (Fsp3) is 0. The molecule has 0 aliphatic heterocycles. The van der Waals surface area contributed by atoms with Gasteiger partial charge in [-0.15, -0.1) is 5.11 Å². The fourth-order valence-corrected chi connectivity index (χ4v) is 2.96. The Bertz CT molecular complexity index is 1050. The summed E-state index contributed by atoms with van der Waals surface area (Å²) in [4.78, 5) is 22.3. The van der Waals surface area contributed by atoms with Gasteiger partial charge in [0.05, 0.1) is 22.5 Å². The van der Waals surface area contributed by atoms with Crippen LogP contribution < -0.4 is 0 Å². The molecule has 0 spiro atoms. The summed E-state index contributed by atoms with van der Waals surface area (Å²) in [7, 11) is 0. The Morgan fingerprint density at radius 2 is 1.44 bits per heavy atom. The largest absolute Gasteiger partial charge is 0.478 e. The third kappa shape index (κ3) is 4.56. The minimum Gasteiger partial charge on any atom is -0.478 e. The topological polar surface area (TPSA) is 99.3 Å². The highest BCUT2D eigenvalue weighted by Gasteiger charge is 2.11. The molecule has 3 aromatic carbocycles. The molecular weight excluding hydrogens is 459 g/mol. The van der Waals surface area contributed by atoms with Gasteiger partial charge < -0.3 is 10.2 Å². The van der Waals surface area contributed by atoms with Crippen LogP contribution in [0.5, 0.6) is 0 Å². The maximum atomic E-state index is 11.3. The number of hydrogen-bond acceptors (Lipinski definition) is 4. The summed E-state index contributed by atoms with van der Waals surface area (Å²) in [6, 6.07) is 18.3. The van der Waals surface area contributed by atoms with Crippen molar-refractivity contribution in [3.63, 3.8) is 0 Å². The number of benzene rings is 3. The van der Waals surface area contributed by atoms with Crippen molar-refractivity contribution in [2.75, 3.05) is 0 Å². The molecule has 6 nitrogen and oxygen atoms in total. The zero-order valence-corrected chi connectivity index (χ0v) is 16.0. The van der Waals surface area contributed by atoms with Crippen molar-refractivity contribution in [2.24, 2.45) is 10.2 Å². The van der Waals surface area contributed by atoms with Crippen LogP contribution in [0, 0.1) is 3.57 Å². The molecule has 0 unspecified atom stereocenters. The van der Waals surface area contributed by atoms with Crippen LogP contribution >= 0.6 is 22.6 Å². The van der Waals surface area contributed by atoms with E-state index < -0.39 is 11.9 Å². The van der Waals surface area contributed by atoms with Crippen molar-refractivity contribution >= 4 is 45.9 Å². The number of halogens is 1.